The lowest BCUT2D eigenvalue weighted by Gasteiger charge is -2.31. The lowest BCUT2D eigenvalue weighted by Crippen LogP contribution is -2.37. The summed E-state index contributed by atoms with van der Waals surface area (Å²) in [6, 6.07) is 7.14. The average Bonchev–Trinajstić information content (AvgIpc) is 3.44. The van der Waals surface area contributed by atoms with Crippen LogP contribution in [0.25, 0.3) is 28.2 Å². The van der Waals surface area contributed by atoms with E-state index in [0.29, 0.717) is 23.9 Å². The van der Waals surface area contributed by atoms with Crippen molar-refractivity contribution in [2.75, 3.05) is 12.8 Å². The van der Waals surface area contributed by atoms with Crippen LogP contribution in [0.1, 0.15) is 42.6 Å². The van der Waals surface area contributed by atoms with Crippen molar-refractivity contribution in [1.29, 1.82) is 0 Å². The number of aryl methyl sites for hydroxylation is 1. The maximum atomic E-state index is 13.9. The highest BCUT2D eigenvalue weighted by Crippen LogP contribution is 2.39. The van der Waals surface area contributed by atoms with Gasteiger partial charge in [-0.25, -0.2) is 8.42 Å². The molecular formula is C22H21F3N6O4S. The van der Waals surface area contributed by atoms with Crippen LogP contribution >= 0.6 is 0 Å². The molecule has 10 nitrogen and oxygen atoms in total. The van der Waals surface area contributed by atoms with Gasteiger partial charge in [-0.3, -0.25) is 4.79 Å². The zero-order chi connectivity index (χ0) is 25.8. The highest BCUT2D eigenvalue weighted by atomic mass is 32.2. The number of nitrogens with zero attached hydrogens (tertiary/aromatic N) is 5. The Morgan fingerprint density at radius 2 is 1.83 bits per heavy atom. The van der Waals surface area contributed by atoms with E-state index in [4.69, 9.17) is 4.42 Å². The summed E-state index contributed by atoms with van der Waals surface area (Å²) in [6.07, 6.45) is -1.84. The predicted molar refractivity (Wildman–Crippen MR) is 122 cm³/mol. The molecule has 0 radical (unpaired) electrons. The number of benzene rings is 1. The Hall–Kier alpha value is -3.52. The Balaban J connectivity index is 1.66. The first-order valence-corrected chi connectivity index (χ1v) is 12.9. The molecule has 1 unspecified atom stereocenters. The second-order valence-electron chi connectivity index (χ2n) is 8.61. The van der Waals surface area contributed by atoms with Crippen LogP contribution in [0.3, 0.4) is 0 Å². The van der Waals surface area contributed by atoms with Crippen molar-refractivity contribution in [3.63, 3.8) is 0 Å². The zero-order valence-corrected chi connectivity index (χ0v) is 20.0. The van der Waals surface area contributed by atoms with Crippen LogP contribution in [0, 0.1) is 6.92 Å². The molecule has 190 valence electrons. The van der Waals surface area contributed by atoms with Crippen molar-refractivity contribution in [1.82, 2.24) is 29.1 Å². The number of hydrogen-bond acceptors (Lipinski definition) is 7. The van der Waals surface area contributed by atoms with Gasteiger partial charge in [0.2, 0.25) is 15.9 Å². The molecule has 0 aliphatic carbocycles. The molecule has 1 aromatic carbocycles. The van der Waals surface area contributed by atoms with Gasteiger partial charge >= 0.3 is 6.18 Å². The van der Waals surface area contributed by atoms with Gasteiger partial charge in [-0.1, -0.05) is 36.8 Å². The van der Waals surface area contributed by atoms with E-state index >= 15 is 0 Å². The van der Waals surface area contributed by atoms with Gasteiger partial charge in [-0.05, 0) is 25.3 Å². The summed E-state index contributed by atoms with van der Waals surface area (Å²) < 4.78 is 73.7. The van der Waals surface area contributed by atoms with E-state index in [-0.39, 0.29) is 39.8 Å². The normalized spacial score (nSPS) is 17.6. The first kappa shape index (κ1) is 24.2. The van der Waals surface area contributed by atoms with Gasteiger partial charge in [0.05, 0.1) is 11.8 Å². The van der Waals surface area contributed by atoms with Crippen LogP contribution in [0.2, 0.25) is 0 Å². The lowest BCUT2D eigenvalue weighted by molar-refractivity contribution is -0.140. The molecule has 1 N–H and O–H groups in total. The number of alkyl halides is 3. The largest absolute Gasteiger partial charge is 0.435 e. The number of hydrogen-bond donors (Lipinski definition) is 1. The van der Waals surface area contributed by atoms with Gasteiger partial charge in [0.1, 0.15) is 17.3 Å². The molecule has 5 rings (SSSR count). The summed E-state index contributed by atoms with van der Waals surface area (Å²) in [5.41, 5.74) is -2.21. The van der Waals surface area contributed by atoms with Gasteiger partial charge < -0.3 is 9.40 Å². The number of rotatable bonds is 4. The summed E-state index contributed by atoms with van der Waals surface area (Å²) in [7, 11) is -3.55. The van der Waals surface area contributed by atoms with Crippen LogP contribution in [0.5, 0.6) is 0 Å². The smallest absolute Gasteiger partial charge is 0.419 e. The standard InChI is InChI=1S/C22H21F3N6O4S/c1-12-15(20-28-27-19(35-20)14-10-6-7-11-30(14)36(2,33)34)21(32)31-18(26-12)16(13-8-4-3-5-9-13)17(29-31)22(23,24)25/h3-5,8-9,14,26H,6-7,10-11H2,1-2H3. The van der Waals surface area contributed by atoms with Crippen LogP contribution in [-0.2, 0) is 16.2 Å². The molecule has 0 spiro atoms. The summed E-state index contributed by atoms with van der Waals surface area (Å²) in [5.74, 6) is -0.231. The topological polar surface area (TPSA) is 126 Å². The Morgan fingerprint density at radius 1 is 1.11 bits per heavy atom. The van der Waals surface area contributed by atoms with Crippen molar-refractivity contribution in [2.24, 2.45) is 0 Å². The Bertz CT molecular complexity index is 1610. The van der Waals surface area contributed by atoms with Gasteiger partial charge in [0, 0.05) is 12.2 Å². The summed E-state index contributed by atoms with van der Waals surface area (Å²) >= 11 is 0. The van der Waals surface area contributed by atoms with E-state index in [1.807, 2.05) is 0 Å². The van der Waals surface area contributed by atoms with E-state index < -0.39 is 33.5 Å². The quantitative estimate of drug-likeness (QED) is 0.434. The number of piperidine rings is 1. The van der Waals surface area contributed by atoms with Crippen molar-refractivity contribution in [3.05, 3.63) is 58.0 Å². The van der Waals surface area contributed by atoms with Gasteiger partial charge in [0.25, 0.3) is 11.4 Å². The van der Waals surface area contributed by atoms with E-state index in [0.717, 1.165) is 12.7 Å². The summed E-state index contributed by atoms with van der Waals surface area (Å²) in [6.45, 7) is 1.79. The fraction of sp³-hybridized carbons (Fsp3) is 0.364. The number of nitrogens with one attached hydrogen (secondary N) is 1. The fourth-order valence-corrected chi connectivity index (χ4v) is 5.65. The average molecular weight is 523 g/mol. The Morgan fingerprint density at radius 3 is 2.50 bits per heavy atom. The summed E-state index contributed by atoms with van der Waals surface area (Å²) in [5, 5.41) is 11.5. The van der Waals surface area contributed by atoms with Crippen LogP contribution in [0.15, 0.2) is 39.5 Å². The minimum atomic E-state index is -4.82. The number of halogens is 3. The van der Waals surface area contributed by atoms with Crippen molar-refractivity contribution in [2.45, 2.75) is 38.4 Å². The minimum absolute atomic E-state index is 0.00967. The predicted octanol–water partition coefficient (Wildman–Crippen LogP) is 3.55. The minimum Gasteiger partial charge on any atom is -0.419 e. The number of aromatic nitrogens is 5. The first-order valence-electron chi connectivity index (χ1n) is 11.1. The van der Waals surface area contributed by atoms with E-state index in [2.05, 4.69) is 20.3 Å². The molecule has 1 atom stereocenters. The van der Waals surface area contributed by atoms with Crippen molar-refractivity contribution >= 4 is 15.7 Å². The number of fused-ring (bicyclic) bond motifs is 1. The van der Waals surface area contributed by atoms with E-state index in [1.165, 1.54) is 23.4 Å². The second-order valence-corrected chi connectivity index (χ2v) is 10.5. The maximum absolute atomic E-state index is 13.9. The maximum Gasteiger partial charge on any atom is 0.435 e. The third kappa shape index (κ3) is 4.09. The zero-order valence-electron chi connectivity index (χ0n) is 19.2. The highest BCUT2D eigenvalue weighted by molar-refractivity contribution is 7.88. The molecule has 3 aromatic heterocycles. The molecule has 0 saturated carbocycles. The molecule has 1 aliphatic rings. The van der Waals surface area contributed by atoms with Crippen LogP contribution < -0.4 is 5.56 Å². The van der Waals surface area contributed by atoms with E-state index in [9.17, 15) is 26.4 Å². The third-order valence-corrected chi connectivity index (χ3v) is 7.41. The molecule has 14 heteroatoms. The molecule has 1 saturated heterocycles. The molecule has 1 fully saturated rings. The molecule has 36 heavy (non-hydrogen) atoms. The molecule has 1 aliphatic heterocycles. The highest BCUT2D eigenvalue weighted by Gasteiger charge is 2.40. The second kappa shape index (κ2) is 8.55. The molecule has 4 aromatic rings. The molecule has 0 bridgehead atoms. The van der Waals surface area contributed by atoms with Crippen LogP contribution in [-0.4, -0.2) is 50.3 Å². The number of aromatic amines is 1. The monoisotopic (exact) mass is 522 g/mol. The van der Waals surface area contributed by atoms with Crippen LogP contribution in [0.4, 0.5) is 13.2 Å². The number of sulfonamides is 1. The van der Waals surface area contributed by atoms with Gasteiger partial charge in [-0.2, -0.15) is 27.1 Å². The number of H-pyrrole nitrogens is 1. The molecule has 4 heterocycles. The van der Waals surface area contributed by atoms with Gasteiger partial charge in [0.15, 0.2) is 5.69 Å². The molecular weight excluding hydrogens is 501 g/mol. The fourth-order valence-electron chi connectivity index (χ4n) is 4.53. The SMILES string of the molecule is Cc1[nH]c2c(-c3ccccc3)c(C(F)(F)F)nn2c(=O)c1-c1nnc(C2CCCCN2S(C)(=O)=O)o1. The first-order chi connectivity index (χ1) is 17.0. The van der Waals surface area contributed by atoms with Gasteiger partial charge in [-0.15, -0.1) is 10.2 Å². The third-order valence-electron chi connectivity index (χ3n) is 6.12. The summed E-state index contributed by atoms with van der Waals surface area (Å²) in [4.78, 5) is 16.2. The van der Waals surface area contributed by atoms with Crippen molar-refractivity contribution in [3.8, 4) is 22.6 Å². The molecule has 0 amide bonds. The van der Waals surface area contributed by atoms with Crippen molar-refractivity contribution < 1.29 is 26.0 Å². The lowest BCUT2D eigenvalue weighted by atomic mass is 10.1. The Labute approximate surface area is 202 Å². The van der Waals surface area contributed by atoms with E-state index in [1.54, 1.807) is 18.2 Å². The Kier molecular flexibility index (Phi) is 5.75.